The molecule has 2 heteroatoms. The molecule has 1 fully saturated rings. The molecule has 2 aliphatic rings. The fourth-order valence-corrected chi connectivity index (χ4v) is 3.09. The van der Waals surface area contributed by atoms with Gasteiger partial charge in [-0.05, 0) is 55.9 Å². The van der Waals surface area contributed by atoms with Crippen LogP contribution in [0.2, 0.25) is 0 Å². The van der Waals surface area contributed by atoms with Crippen LogP contribution < -0.4 is 0 Å². The zero-order chi connectivity index (χ0) is 12.5. The first-order valence-corrected chi connectivity index (χ1v) is 6.98. The standard InChI is InChI=1S/C15H26O2/c1-14(2,3)12-7-9-15(16,10-8-12)13-6-4-5-11-17-13/h6,12,16H,4-5,7-11H2,1-3H3. The van der Waals surface area contributed by atoms with Gasteiger partial charge in [-0.3, -0.25) is 0 Å². The van der Waals surface area contributed by atoms with E-state index in [1.54, 1.807) is 0 Å². The number of ether oxygens (including phenoxy) is 1. The van der Waals surface area contributed by atoms with E-state index >= 15 is 0 Å². The minimum absolute atomic E-state index is 0.364. The van der Waals surface area contributed by atoms with Crippen molar-refractivity contribution in [1.29, 1.82) is 0 Å². The molecule has 1 heterocycles. The van der Waals surface area contributed by atoms with Crippen molar-refractivity contribution in [3.63, 3.8) is 0 Å². The minimum Gasteiger partial charge on any atom is -0.495 e. The maximum Gasteiger partial charge on any atom is 0.124 e. The van der Waals surface area contributed by atoms with Crippen LogP contribution in [-0.2, 0) is 4.74 Å². The van der Waals surface area contributed by atoms with Crippen molar-refractivity contribution in [3.8, 4) is 0 Å². The molecule has 0 aromatic heterocycles. The Hall–Kier alpha value is -0.500. The quantitative estimate of drug-likeness (QED) is 0.755. The Balaban J connectivity index is 1.99. The SMILES string of the molecule is CC(C)(C)C1CCC(O)(C2=CCCCO2)CC1. The van der Waals surface area contributed by atoms with Gasteiger partial charge >= 0.3 is 0 Å². The van der Waals surface area contributed by atoms with Gasteiger partial charge in [0.05, 0.1) is 6.61 Å². The highest BCUT2D eigenvalue weighted by Gasteiger charge is 2.41. The van der Waals surface area contributed by atoms with Crippen LogP contribution in [0, 0.1) is 11.3 Å². The second-order valence-corrected chi connectivity index (χ2v) is 6.73. The summed E-state index contributed by atoms with van der Waals surface area (Å²) in [6.07, 6.45) is 8.19. The van der Waals surface area contributed by atoms with E-state index in [-0.39, 0.29) is 0 Å². The second-order valence-electron chi connectivity index (χ2n) is 6.73. The number of rotatable bonds is 1. The highest BCUT2D eigenvalue weighted by atomic mass is 16.5. The van der Waals surface area contributed by atoms with Gasteiger partial charge in [-0.2, -0.15) is 0 Å². The Labute approximate surface area is 105 Å². The average Bonchev–Trinajstić information content (AvgIpc) is 2.29. The zero-order valence-corrected chi connectivity index (χ0v) is 11.5. The molecule has 0 unspecified atom stereocenters. The van der Waals surface area contributed by atoms with Gasteiger partial charge in [0, 0.05) is 0 Å². The van der Waals surface area contributed by atoms with Crippen molar-refractivity contribution in [1.82, 2.24) is 0 Å². The second kappa shape index (κ2) is 4.64. The largest absolute Gasteiger partial charge is 0.495 e. The molecule has 0 bridgehead atoms. The molecule has 0 spiro atoms. The Morgan fingerprint density at radius 1 is 1.29 bits per heavy atom. The number of hydrogen-bond acceptors (Lipinski definition) is 2. The van der Waals surface area contributed by atoms with Gasteiger partial charge < -0.3 is 9.84 Å². The van der Waals surface area contributed by atoms with Crippen molar-refractivity contribution in [2.75, 3.05) is 6.61 Å². The predicted molar refractivity (Wildman–Crippen MR) is 69.6 cm³/mol. The van der Waals surface area contributed by atoms with Crippen LogP contribution in [-0.4, -0.2) is 17.3 Å². The van der Waals surface area contributed by atoms with E-state index < -0.39 is 5.60 Å². The van der Waals surface area contributed by atoms with Gasteiger partial charge in [0.15, 0.2) is 0 Å². The molecule has 0 aromatic carbocycles. The maximum absolute atomic E-state index is 10.7. The zero-order valence-electron chi connectivity index (χ0n) is 11.5. The molecule has 98 valence electrons. The summed E-state index contributed by atoms with van der Waals surface area (Å²) in [6, 6.07) is 0. The topological polar surface area (TPSA) is 29.5 Å². The van der Waals surface area contributed by atoms with Crippen molar-refractivity contribution in [2.24, 2.45) is 11.3 Å². The summed E-state index contributed by atoms with van der Waals surface area (Å²) in [4.78, 5) is 0. The summed E-state index contributed by atoms with van der Waals surface area (Å²) in [7, 11) is 0. The molecule has 0 aromatic rings. The third-order valence-corrected chi connectivity index (χ3v) is 4.43. The molecule has 2 rings (SSSR count). The van der Waals surface area contributed by atoms with E-state index in [0.717, 1.165) is 56.8 Å². The fourth-order valence-electron chi connectivity index (χ4n) is 3.09. The van der Waals surface area contributed by atoms with E-state index in [2.05, 4.69) is 26.8 Å². The Bertz CT molecular complexity index is 291. The minimum atomic E-state index is -0.665. The summed E-state index contributed by atoms with van der Waals surface area (Å²) in [5.41, 5.74) is -0.300. The summed E-state index contributed by atoms with van der Waals surface area (Å²) < 4.78 is 5.65. The lowest BCUT2D eigenvalue weighted by Gasteiger charge is -2.42. The van der Waals surface area contributed by atoms with E-state index in [0.29, 0.717) is 5.41 Å². The third kappa shape index (κ3) is 2.85. The van der Waals surface area contributed by atoms with E-state index in [4.69, 9.17) is 4.74 Å². The molecule has 0 radical (unpaired) electrons. The van der Waals surface area contributed by atoms with Gasteiger partial charge in [0.1, 0.15) is 11.4 Å². The molecular weight excluding hydrogens is 212 g/mol. The maximum atomic E-state index is 10.7. The van der Waals surface area contributed by atoms with Crippen LogP contribution in [0.3, 0.4) is 0 Å². The van der Waals surface area contributed by atoms with Crippen LogP contribution in [0.4, 0.5) is 0 Å². The summed E-state index contributed by atoms with van der Waals surface area (Å²) in [5, 5.41) is 10.7. The lowest BCUT2D eigenvalue weighted by atomic mass is 9.68. The van der Waals surface area contributed by atoms with Gasteiger partial charge in [-0.15, -0.1) is 0 Å². The first-order chi connectivity index (χ1) is 7.92. The molecule has 0 saturated heterocycles. The van der Waals surface area contributed by atoms with E-state index in [1.165, 1.54) is 0 Å². The first-order valence-electron chi connectivity index (χ1n) is 6.98. The van der Waals surface area contributed by atoms with Crippen molar-refractivity contribution in [2.45, 2.75) is 64.9 Å². The van der Waals surface area contributed by atoms with Crippen molar-refractivity contribution in [3.05, 3.63) is 11.8 Å². The Morgan fingerprint density at radius 3 is 2.41 bits per heavy atom. The van der Waals surface area contributed by atoms with Crippen molar-refractivity contribution < 1.29 is 9.84 Å². The third-order valence-electron chi connectivity index (χ3n) is 4.43. The van der Waals surface area contributed by atoms with Crippen LogP contribution in [0.25, 0.3) is 0 Å². The Kier molecular flexibility index (Phi) is 3.53. The molecule has 1 saturated carbocycles. The highest BCUT2D eigenvalue weighted by Crippen LogP contribution is 2.44. The van der Waals surface area contributed by atoms with Gasteiger partial charge in [-0.1, -0.05) is 20.8 Å². The number of aliphatic hydroxyl groups is 1. The molecule has 1 aliphatic carbocycles. The van der Waals surface area contributed by atoms with Crippen LogP contribution in [0.5, 0.6) is 0 Å². The van der Waals surface area contributed by atoms with Crippen molar-refractivity contribution >= 4 is 0 Å². The molecule has 17 heavy (non-hydrogen) atoms. The fraction of sp³-hybridized carbons (Fsp3) is 0.867. The molecule has 0 atom stereocenters. The lowest BCUT2D eigenvalue weighted by molar-refractivity contribution is -0.0427. The van der Waals surface area contributed by atoms with E-state index in [9.17, 15) is 5.11 Å². The molecular formula is C15H26O2. The molecule has 0 amide bonds. The summed E-state index contributed by atoms with van der Waals surface area (Å²) in [5.74, 6) is 1.59. The van der Waals surface area contributed by atoms with Gasteiger partial charge in [0.25, 0.3) is 0 Å². The summed E-state index contributed by atoms with van der Waals surface area (Å²) >= 11 is 0. The highest BCUT2D eigenvalue weighted by molar-refractivity contribution is 5.13. The van der Waals surface area contributed by atoms with Gasteiger partial charge in [0.2, 0.25) is 0 Å². The van der Waals surface area contributed by atoms with Crippen LogP contribution in [0.15, 0.2) is 11.8 Å². The normalized spacial score (nSPS) is 35.1. The summed E-state index contributed by atoms with van der Waals surface area (Å²) in [6.45, 7) is 7.69. The van der Waals surface area contributed by atoms with Gasteiger partial charge in [-0.25, -0.2) is 0 Å². The Morgan fingerprint density at radius 2 is 1.94 bits per heavy atom. The number of hydrogen-bond donors (Lipinski definition) is 1. The monoisotopic (exact) mass is 238 g/mol. The van der Waals surface area contributed by atoms with Crippen LogP contribution >= 0.6 is 0 Å². The molecule has 2 nitrogen and oxygen atoms in total. The lowest BCUT2D eigenvalue weighted by Crippen LogP contribution is -2.40. The first kappa shape index (κ1) is 12.9. The number of allylic oxidation sites excluding steroid dienone is 1. The average molecular weight is 238 g/mol. The predicted octanol–water partition coefficient (Wildman–Crippen LogP) is 3.65. The van der Waals surface area contributed by atoms with Crippen LogP contribution in [0.1, 0.15) is 59.3 Å². The molecule has 1 aliphatic heterocycles. The molecule has 1 N–H and O–H groups in total. The van der Waals surface area contributed by atoms with E-state index in [1.807, 2.05) is 0 Å². The smallest absolute Gasteiger partial charge is 0.124 e.